The number of aromatic nitrogens is 2. The number of benzene rings is 2. The number of sulfone groups is 1. The topological polar surface area (TPSA) is 98.4 Å². The van der Waals surface area contributed by atoms with Crippen molar-refractivity contribution in [2.45, 2.75) is 42.4 Å². The molecule has 0 spiro atoms. The van der Waals surface area contributed by atoms with E-state index in [0.717, 1.165) is 11.6 Å². The summed E-state index contributed by atoms with van der Waals surface area (Å²) in [6, 6.07) is 12.9. The van der Waals surface area contributed by atoms with Crippen molar-refractivity contribution in [2.24, 2.45) is 0 Å². The number of nitrogens with zero attached hydrogens (tertiary/aromatic N) is 3. The summed E-state index contributed by atoms with van der Waals surface area (Å²) in [6.45, 7) is 5.49. The van der Waals surface area contributed by atoms with Crippen molar-refractivity contribution in [3.05, 3.63) is 65.6 Å². The average Bonchev–Trinajstić information content (AvgIpc) is 3.64. The second-order valence-electron chi connectivity index (χ2n) is 9.08. The Hall–Kier alpha value is -3.04. The van der Waals surface area contributed by atoms with E-state index in [4.69, 9.17) is 20.4 Å². The van der Waals surface area contributed by atoms with Crippen molar-refractivity contribution in [1.29, 1.82) is 0 Å². The van der Waals surface area contributed by atoms with E-state index >= 15 is 0 Å². The number of aryl methyl sites for hydroxylation is 1. The van der Waals surface area contributed by atoms with Gasteiger partial charge in [0.05, 0.1) is 29.8 Å². The summed E-state index contributed by atoms with van der Waals surface area (Å²) in [5.74, 6) is 0.516. The molecular formula is C25H27FN4O3S. The van der Waals surface area contributed by atoms with Crippen molar-refractivity contribution < 1.29 is 17.5 Å². The summed E-state index contributed by atoms with van der Waals surface area (Å²) in [6.07, 6.45) is 0.836. The zero-order valence-electron chi connectivity index (χ0n) is 19.2. The Morgan fingerprint density at radius 3 is 2.53 bits per heavy atom. The summed E-state index contributed by atoms with van der Waals surface area (Å²) < 4.78 is 46.1. The highest BCUT2D eigenvalue weighted by Crippen LogP contribution is 2.55. The fraction of sp³-hybridized carbons (Fsp3) is 0.360. The summed E-state index contributed by atoms with van der Waals surface area (Å²) in [5.41, 5.74) is 8.17. The first kappa shape index (κ1) is 22.7. The van der Waals surface area contributed by atoms with Crippen LogP contribution in [0.1, 0.15) is 31.0 Å². The normalized spacial score (nSPS) is 19.7. The number of morpholine rings is 1. The fourth-order valence-electron chi connectivity index (χ4n) is 4.49. The number of halogens is 1. The van der Waals surface area contributed by atoms with E-state index in [-0.39, 0.29) is 10.9 Å². The van der Waals surface area contributed by atoms with E-state index in [2.05, 4.69) is 4.90 Å². The van der Waals surface area contributed by atoms with Gasteiger partial charge in [-0.25, -0.2) is 22.8 Å². The monoisotopic (exact) mass is 482 g/mol. The molecule has 178 valence electrons. The molecule has 2 fully saturated rings. The number of rotatable bonds is 5. The molecule has 1 aliphatic carbocycles. The van der Waals surface area contributed by atoms with Crippen molar-refractivity contribution in [3.8, 4) is 11.4 Å². The highest BCUT2D eigenvalue weighted by atomic mass is 32.2. The molecular weight excluding hydrogens is 455 g/mol. The third kappa shape index (κ3) is 3.82. The van der Waals surface area contributed by atoms with Gasteiger partial charge in [0, 0.05) is 23.9 Å². The van der Waals surface area contributed by atoms with Crippen molar-refractivity contribution >= 4 is 21.3 Å². The lowest BCUT2D eigenvalue weighted by Crippen LogP contribution is -2.44. The van der Waals surface area contributed by atoms with Crippen molar-refractivity contribution in [1.82, 2.24) is 9.97 Å². The SMILES string of the molecule is Cc1ccc(F)cc1S(=O)(=O)C1(c2cc(N3CCOC[C@@H]3C)nc(-c3ccc(N)cc3)n2)CC1. The third-order valence-electron chi connectivity index (χ3n) is 6.67. The standard InChI is InChI=1S/C25H27FN4O3S/c1-16-3-6-19(26)13-21(16)34(31,32)25(9-10-25)22-14-23(30-11-12-33-15-17(30)2)29-24(28-22)18-4-7-20(27)8-5-18/h3-8,13-14,17H,9-12,15,27H2,1-2H3/t17-/m0/s1. The molecule has 0 radical (unpaired) electrons. The lowest BCUT2D eigenvalue weighted by Gasteiger charge is -2.34. The number of nitrogen functional groups attached to an aromatic ring is 1. The molecule has 1 saturated carbocycles. The number of hydrogen-bond acceptors (Lipinski definition) is 7. The van der Waals surface area contributed by atoms with E-state index in [1.54, 1.807) is 25.1 Å². The first-order valence-electron chi connectivity index (χ1n) is 11.3. The van der Waals surface area contributed by atoms with Crippen LogP contribution >= 0.6 is 0 Å². The minimum absolute atomic E-state index is 0.0129. The Morgan fingerprint density at radius 1 is 1.12 bits per heavy atom. The maximum atomic E-state index is 14.0. The summed E-state index contributed by atoms with van der Waals surface area (Å²) in [4.78, 5) is 11.7. The Kier molecular flexibility index (Phi) is 5.56. The summed E-state index contributed by atoms with van der Waals surface area (Å²) >= 11 is 0. The van der Waals surface area contributed by atoms with Crippen LogP contribution in [0.2, 0.25) is 0 Å². The molecule has 2 aliphatic rings. The van der Waals surface area contributed by atoms with E-state index in [1.165, 1.54) is 12.1 Å². The second-order valence-corrected chi connectivity index (χ2v) is 11.3. The van der Waals surface area contributed by atoms with Gasteiger partial charge in [-0.15, -0.1) is 0 Å². The highest BCUT2D eigenvalue weighted by molar-refractivity contribution is 7.92. The van der Waals surface area contributed by atoms with E-state index < -0.39 is 20.4 Å². The van der Waals surface area contributed by atoms with Crippen LogP contribution in [0.4, 0.5) is 15.9 Å². The molecule has 34 heavy (non-hydrogen) atoms. The summed E-state index contributed by atoms with van der Waals surface area (Å²) in [7, 11) is -3.89. The molecule has 0 amide bonds. The molecule has 9 heteroatoms. The Balaban J connectivity index is 1.67. The van der Waals surface area contributed by atoms with E-state index in [9.17, 15) is 12.8 Å². The van der Waals surface area contributed by atoms with Crippen LogP contribution in [0.25, 0.3) is 11.4 Å². The van der Waals surface area contributed by atoms with Gasteiger partial charge < -0.3 is 15.4 Å². The van der Waals surface area contributed by atoms with Crippen molar-refractivity contribution in [2.75, 3.05) is 30.4 Å². The maximum absolute atomic E-state index is 14.0. The molecule has 5 rings (SSSR count). The Labute approximate surface area is 198 Å². The predicted octanol–water partition coefficient (Wildman–Crippen LogP) is 3.86. The van der Waals surface area contributed by atoms with Crippen LogP contribution in [0.15, 0.2) is 53.4 Å². The fourth-order valence-corrected chi connectivity index (χ4v) is 6.69. The summed E-state index contributed by atoms with van der Waals surface area (Å²) in [5, 5.41) is 0. The third-order valence-corrected chi connectivity index (χ3v) is 9.33. The van der Waals surface area contributed by atoms with Crippen molar-refractivity contribution in [3.63, 3.8) is 0 Å². The van der Waals surface area contributed by atoms with Crippen LogP contribution in [0.5, 0.6) is 0 Å². The molecule has 2 heterocycles. The maximum Gasteiger partial charge on any atom is 0.190 e. The molecule has 2 N–H and O–H groups in total. The van der Waals surface area contributed by atoms with Crippen LogP contribution < -0.4 is 10.6 Å². The minimum Gasteiger partial charge on any atom is -0.399 e. The number of nitrogens with two attached hydrogens (primary N) is 1. The quantitative estimate of drug-likeness (QED) is 0.552. The lowest BCUT2D eigenvalue weighted by molar-refractivity contribution is 0.0985. The van der Waals surface area contributed by atoms with Gasteiger partial charge >= 0.3 is 0 Å². The van der Waals surface area contributed by atoms with Crippen LogP contribution in [-0.4, -0.2) is 44.2 Å². The number of anilines is 2. The van der Waals surface area contributed by atoms with Gasteiger partial charge in [-0.05, 0) is 68.7 Å². The zero-order chi connectivity index (χ0) is 24.1. The van der Waals surface area contributed by atoms with Gasteiger partial charge in [0.1, 0.15) is 16.4 Å². The van der Waals surface area contributed by atoms with Crippen LogP contribution in [-0.2, 0) is 19.3 Å². The second kappa shape index (κ2) is 8.32. The number of hydrogen-bond donors (Lipinski definition) is 1. The molecule has 1 atom stereocenters. The molecule has 0 unspecified atom stereocenters. The minimum atomic E-state index is -3.89. The first-order chi connectivity index (χ1) is 16.2. The van der Waals surface area contributed by atoms with Gasteiger partial charge in [0.2, 0.25) is 0 Å². The molecule has 0 bridgehead atoms. The number of ether oxygens (including phenoxy) is 1. The van der Waals surface area contributed by atoms with Gasteiger partial charge in [0.15, 0.2) is 15.7 Å². The lowest BCUT2D eigenvalue weighted by atomic mass is 10.1. The van der Waals surface area contributed by atoms with Crippen LogP contribution in [0, 0.1) is 12.7 Å². The molecule has 1 saturated heterocycles. The van der Waals surface area contributed by atoms with Gasteiger partial charge in [-0.1, -0.05) is 6.07 Å². The largest absolute Gasteiger partial charge is 0.399 e. The molecule has 1 aliphatic heterocycles. The van der Waals surface area contributed by atoms with Gasteiger partial charge in [0.25, 0.3) is 0 Å². The zero-order valence-corrected chi connectivity index (χ0v) is 20.0. The molecule has 1 aromatic heterocycles. The average molecular weight is 483 g/mol. The van der Waals surface area contributed by atoms with Gasteiger partial charge in [-0.2, -0.15) is 0 Å². The Bertz CT molecular complexity index is 1340. The first-order valence-corrected chi connectivity index (χ1v) is 12.8. The predicted molar refractivity (Wildman–Crippen MR) is 129 cm³/mol. The van der Waals surface area contributed by atoms with Crippen LogP contribution in [0.3, 0.4) is 0 Å². The molecule has 2 aromatic carbocycles. The smallest absolute Gasteiger partial charge is 0.190 e. The molecule has 3 aromatic rings. The van der Waals surface area contributed by atoms with E-state index in [1.807, 2.05) is 19.1 Å². The highest BCUT2D eigenvalue weighted by Gasteiger charge is 2.58. The molecule has 7 nitrogen and oxygen atoms in total. The van der Waals surface area contributed by atoms with Gasteiger partial charge in [-0.3, -0.25) is 0 Å². The van der Waals surface area contributed by atoms with E-state index in [0.29, 0.717) is 61.2 Å². The Morgan fingerprint density at radius 2 is 1.85 bits per heavy atom.